The molecule has 5 N–H and O–H groups in total. The number of hydrogen-bond acceptors (Lipinski definition) is 6. The number of aryl methyl sites for hydroxylation is 1. The Morgan fingerprint density at radius 2 is 1.59 bits per heavy atom. The number of nitro benzene ring substituents is 1. The zero-order valence-electron chi connectivity index (χ0n) is 22.8. The van der Waals surface area contributed by atoms with E-state index in [2.05, 4.69) is 21.3 Å². The zero-order chi connectivity index (χ0) is 30.1. The van der Waals surface area contributed by atoms with E-state index >= 15 is 0 Å². The summed E-state index contributed by atoms with van der Waals surface area (Å²) in [5.41, 5.74) is 1.85. The van der Waals surface area contributed by atoms with E-state index in [0.29, 0.717) is 16.9 Å². The standard InChI is InChI=1S/C29H31N5O7/c1-17(2)12-25(27(36)30-22-14-20(28(37)38)15-23(16-22)34(40)41)32-26(35)13-19-8-10-21(11-9-19)31-29(39)33-24-7-5-4-6-18(24)3/h4-11,14-17,25H,12-13H2,1-3H3,(H,30,36)(H,32,35)(H,37,38)(H2,31,33,39)/t25-/m0/s1. The van der Waals surface area contributed by atoms with Crippen LogP contribution >= 0.6 is 0 Å². The fraction of sp³-hybridized carbons (Fsp3) is 0.241. The molecule has 0 saturated heterocycles. The molecule has 12 heteroatoms. The third-order valence-corrected chi connectivity index (χ3v) is 5.97. The molecule has 3 aromatic rings. The fourth-order valence-electron chi connectivity index (χ4n) is 3.98. The molecule has 0 spiro atoms. The van der Waals surface area contributed by atoms with Crippen molar-refractivity contribution in [2.75, 3.05) is 16.0 Å². The average Bonchev–Trinajstić information content (AvgIpc) is 2.90. The summed E-state index contributed by atoms with van der Waals surface area (Å²) < 4.78 is 0. The number of nitro groups is 1. The molecule has 0 unspecified atom stereocenters. The number of amides is 4. The van der Waals surface area contributed by atoms with Crippen LogP contribution in [0.1, 0.15) is 41.8 Å². The second kappa shape index (κ2) is 13.7. The van der Waals surface area contributed by atoms with Crippen molar-refractivity contribution in [3.63, 3.8) is 0 Å². The Morgan fingerprint density at radius 1 is 0.902 bits per heavy atom. The summed E-state index contributed by atoms with van der Waals surface area (Å²) in [5.74, 6) is -2.44. The second-order valence-corrected chi connectivity index (χ2v) is 9.84. The SMILES string of the molecule is Cc1ccccc1NC(=O)Nc1ccc(CC(=O)N[C@@H](CC(C)C)C(=O)Nc2cc(C(=O)O)cc([N+](=O)[O-])c2)cc1. The van der Waals surface area contributed by atoms with Gasteiger partial charge in [-0.3, -0.25) is 19.7 Å². The molecule has 0 heterocycles. The molecule has 0 radical (unpaired) electrons. The number of nitrogens with one attached hydrogen (secondary N) is 4. The number of aromatic carboxylic acids is 1. The lowest BCUT2D eigenvalue weighted by Gasteiger charge is -2.20. The van der Waals surface area contributed by atoms with Gasteiger partial charge in [-0.1, -0.05) is 44.2 Å². The lowest BCUT2D eigenvalue weighted by molar-refractivity contribution is -0.384. The van der Waals surface area contributed by atoms with E-state index in [1.807, 2.05) is 39.0 Å². The Morgan fingerprint density at radius 3 is 2.20 bits per heavy atom. The van der Waals surface area contributed by atoms with Gasteiger partial charge in [-0.2, -0.15) is 0 Å². The number of carbonyl (C=O) groups excluding carboxylic acids is 3. The highest BCUT2D eigenvalue weighted by Gasteiger charge is 2.24. The second-order valence-electron chi connectivity index (χ2n) is 9.84. The molecule has 214 valence electrons. The number of carboxylic acids is 1. The summed E-state index contributed by atoms with van der Waals surface area (Å²) in [6.07, 6.45) is 0.231. The van der Waals surface area contributed by atoms with Crippen molar-refractivity contribution in [1.29, 1.82) is 0 Å². The number of carboxylic acid groups (broad SMARTS) is 1. The molecule has 0 aliphatic rings. The Bertz CT molecular complexity index is 1420. The van der Waals surface area contributed by atoms with Gasteiger partial charge in [-0.25, -0.2) is 9.59 Å². The normalized spacial score (nSPS) is 11.3. The molecule has 0 aliphatic carbocycles. The first-order chi connectivity index (χ1) is 19.4. The van der Waals surface area contributed by atoms with Crippen LogP contribution in [0.2, 0.25) is 0 Å². The van der Waals surface area contributed by atoms with Gasteiger partial charge in [0, 0.05) is 29.2 Å². The minimum absolute atomic E-state index is 0.0157. The minimum Gasteiger partial charge on any atom is -0.478 e. The summed E-state index contributed by atoms with van der Waals surface area (Å²) in [5, 5.41) is 31.1. The van der Waals surface area contributed by atoms with Crippen LogP contribution in [0.25, 0.3) is 0 Å². The lowest BCUT2D eigenvalue weighted by Crippen LogP contribution is -2.45. The van der Waals surface area contributed by atoms with Gasteiger partial charge in [-0.05, 0) is 54.7 Å². The van der Waals surface area contributed by atoms with Crippen molar-refractivity contribution in [2.24, 2.45) is 5.92 Å². The molecular formula is C29H31N5O7. The van der Waals surface area contributed by atoms with Crippen LogP contribution in [0.3, 0.4) is 0 Å². The third kappa shape index (κ3) is 9.17. The lowest BCUT2D eigenvalue weighted by atomic mass is 10.0. The highest BCUT2D eigenvalue weighted by atomic mass is 16.6. The minimum atomic E-state index is -1.38. The Kier molecular flexibility index (Phi) is 10.1. The average molecular weight is 562 g/mol. The molecule has 12 nitrogen and oxygen atoms in total. The van der Waals surface area contributed by atoms with Gasteiger partial charge in [0.1, 0.15) is 6.04 Å². The number of nitrogens with zero attached hydrogens (tertiary/aromatic N) is 1. The van der Waals surface area contributed by atoms with E-state index in [1.165, 1.54) is 0 Å². The van der Waals surface area contributed by atoms with Gasteiger partial charge in [0.25, 0.3) is 5.69 Å². The monoisotopic (exact) mass is 561 g/mol. The largest absolute Gasteiger partial charge is 0.478 e. The van der Waals surface area contributed by atoms with Crippen molar-refractivity contribution in [3.8, 4) is 0 Å². The molecule has 1 atom stereocenters. The third-order valence-electron chi connectivity index (χ3n) is 5.97. The molecule has 41 heavy (non-hydrogen) atoms. The van der Waals surface area contributed by atoms with Crippen molar-refractivity contribution in [3.05, 3.63) is 93.5 Å². The Balaban J connectivity index is 1.62. The van der Waals surface area contributed by atoms with Crippen LogP contribution < -0.4 is 21.3 Å². The molecule has 4 amide bonds. The van der Waals surface area contributed by atoms with Crippen LogP contribution in [-0.4, -0.2) is 39.9 Å². The van der Waals surface area contributed by atoms with Crippen LogP contribution in [0, 0.1) is 23.0 Å². The van der Waals surface area contributed by atoms with E-state index < -0.39 is 40.5 Å². The highest BCUT2D eigenvalue weighted by Crippen LogP contribution is 2.22. The maximum Gasteiger partial charge on any atom is 0.336 e. The smallest absolute Gasteiger partial charge is 0.336 e. The van der Waals surface area contributed by atoms with Crippen molar-refractivity contribution < 1.29 is 29.2 Å². The van der Waals surface area contributed by atoms with Gasteiger partial charge < -0.3 is 26.4 Å². The van der Waals surface area contributed by atoms with Gasteiger partial charge in [-0.15, -0.1) is 0 Å². The predicted octanol–water partition coefficient (Wildman–Crippen LogP) is 4.96. The zero-order valence-corrected chi connectivity index (χ0v) is 22.8. The first-order valence-corrected chi connectivity index (χ1v) is 12.8. The predicted molar refractivity (Wildman–Crippen MR) is 154 cm³/mol. The summed E-state index contributed by atoms with van der Waals surface area (Å²) >= 11 is 0. The van der Waals surface area contributed by atoms with Gasteiger partial charge in [0.15, 0.2) is 0 Å². The molecule has 0 aliphatic heterocycles. The number of urea groups is 1. The number of hydrogen-bond donors (Lipinski definition) is 5. The number of rotatable bonds is 11. The van der Waals surface area contributed by atoms with Crippen LogP contribution in [-0.2, 0) is 16.0 Å². The topological polar surface area (TPSA) is 180 Å². The maximum absolute atomic E-state index is 13.0. The number of benzene rings is 3. The van der Waals surface area contributed by atoms with Gasteiger partial charge >= 0.3 is 12.0 Å². The van der Waals surface area contributed by atoms with Crippen LogP contribution in [0.4, 0.5) is 27.5 Å². The maximum atomic E-state index is 13.0. The Labute approximate surface area is 236 Å². The van der Waals surface area contributed by atoms with Crippen molar-refractivity contribution >= 4 is 46.6 Å². The van der Waals surface area contributed by atoms with E-state index in [-0.39, 0.29) is 30.0 Å². The molecular weight excluding hydrogens is 530 g/mol. The van der Waals surface area contributed by atoms with E-state index in [1.54, 1.807) is 30.3 Å². The fourth-order valence-corrected chi connectivity index (χ4v) is 3.98. The summed E-state index contributed by atoms with van der Waals surface area (Å²) in [7, 11) is 0. The summed E-state index contributed by atoms with van der Waals surface area (Å²) in [6, 6.07) is 15.7. The van der Waals surface area contributed by atoms with E-state index in [0.717, 1.165) is 23.8 Å². The summed E-state index contributed by atoms with van der Waals surface area (Å²) in [4.78, 5) is 59.9. The van der Waals surface area contributed by atoms with Crippen LogP contribution in [0.15, 0.2) is 66.7 Å². The molecule has 0 bridgehead atoms. The first kappa shape index (κ1) is 30.3. The number of anilines is 3. The van der Waals surface area contributed by atoms with Crippen molar-refractivity contribution in [2.45, 2.75) is 39.7 Å². The number of para-hydroxylation sites is 1. The van der Waals surface area contributed by atoms with E-state index in [9.17, 15) is 34.4 Å². The van der Waals surface area contributed by atoms with Gasteiger partial charge in [0.2, 0.25) is 11.8 Å². The quantitative estimate of drug-likeness (QED) is 0.162. The van der Waals surface area contributed by atoms with Crippen molar-refractivity contribution in [1.82, 2.24) is 5.32 Å². The number of carbonyl (C=O) groups is 4. The molecule has 0 saturated carbocycles. The van der Waals surface area contributed by atoms with Crippen LogP contribution in [0.5, 0.6) is 0 Å². The van der Waals surface area contributed by atoms with E-state index in [4.69, 9.17) is 0 Å². The first-order valence-electron chi connectivity index (χ1n) is 12.8. The molecule has 3 rings (SSSR count). The van der Waals surface area contributed by atoms with Gasteiger partial charge in [0.05, 0.1) is 16.9 Å². The summed E-state index contributed by atoms with van der Waals surface area (Å²) in [6.45, 7) is 5.61. The molecule has 0 aromatic heterocycles. The highest BCUT2D eigenvalue weighted by molar-refractivity contribution is 6.00. The number of non-ortho nitro benzene ring substituents is 1. The molecule has 0 fully saturated rings. The molecule has 3 aromatic carbocycles. The Hall–Kier alpha value is -5.26.